The highest BCUT2D eigenvalue weighted by Gasteiger charge is 1.92. The molecule has 0 saturated carbocycles. The first-order valence-electron chi connectivity index (χ1n) is 5.94. The summed E-state index contributed by atoms with van der Waals surface area (Å²) in [6.45, 7) is 2.21. The quantitative estimate of drug-likeness (QED) is 0.570. The Bertz CT molecular complexity index is 222. The van der Waals surface area contributed by atoms with Crippen LogP contribution in [0.4, 0.5) is 0 Å². The van der Waals surface area contributed by atoms with E-state index in [0.29, 0.717) is 0 Å². The van der Waals surface area contributed by atoms with Gasteiger partial charge in [-0.15, -0.1) is 11.8 Å². The fraction of sp³-hybridized carbons (Fsp3) is 0.615. The molecule has 0 atom stereocenters. The molecule has 3 heteroatoms. The second-order valence-corrected chi connectivity index (χ2v) is 4.48. The average molecular weight is 242 g/mol. The van der Waals surface area contributed by atoms with Gasteiger partial charge in [-0.2, -0.15) is 0 Å². The maximum atomic E-state index is 10.2. The first kappa shape index (κ1) is 15.3. The number of unbranched alkanes of at least 4 members (excludes halogenated alkanes) is 4. The molecule has 0 radical (unpaired) electrons. The number of hydrogen-bond donors (Lipinski definition) is 1. The molecule has 0 amide bonds. The van der Waals surface area contributed by atoms with Gasteiger partial charge in [0.15, 0.2) is 0 Å². The number of allylic oxidation sites excluding steroid dienone is 2. The number of hydrogen-bond acceptors (Lipinski definition) is 2. The van der Waals surface area contributed by atoms with Gasteiger partial charge in [-0.3, -0.25) is 4.79 Å². The van der Waals surface area contributed by atoms with Crippen molar-refractivity contribution in [2.24, 2.45) is 0 Å². The largest absolute Gasteiger partial charge is 0.481 e. The van der Waals surface area contributed by atoms with E-state index in [2.05, 4.69) is 18.4 Å². The van der Waals surface area contributed by atoms with Gasteiger partial charge in [0.25, 0.3) is 0 Å². The maximum absolute atomic E-state index is 10.2. The zero-order chi connectivity index (χ0) is 12.1. The van der Waals surface area contributed by atoms with Crippen LogP contribution in [0.2, 0.25) is 0 Å². The summed E-state index contributed by atoms with van der Waals surface area (Å²) in [7, 11) is 0. The predicted octanol–water partition coefficient (Wildman–Crippen LogP) is 4.58. The van der Waals surface area contributed by atoms with Gasteiger partial charge < -0.3 is 5.11 Å². The van der Waals surface area contributed by atoms with Gasteiger partial charge in [0.2, 0.25) is 0 Å². The molecule has 1 N–H and O–H groups in total. The maximum Gasteiger partial charge on any atom is 0.303 e. The number of carbonyl (C=O) groups is 1. The molecule has 0 aliphatic carbocycles. The molecule has 0 aromatic rings. The topological polar surface area (TPSA) is 37.3 Å². The average Bonchev–Trinajstić information content (AvgIpc) is 2.25. The van der Waals surface area contributed by atoms with E-state index in [-0.39, 0.29) is 6.42 Å². The van der Waals surface area contributed by atoms with Gasteiger partial charge in [-0.1, -0.05) is 31.9 Å². The van der Waals surface area contributed by atoms with Crippen molar-refractivity contribution in [2.75, 3.05) is 0 Å². The molecule has 92 valence electrons. The van der Waals surface area contributed by atoms with E-state index < -0.39 is 5.97 Å². The summed E-state index contributed by atoms with van der Waals surface area (Å²) in [5, 5.41) is 12.5. The number of rotatable bonds is 10. The van der Waals surface area contributed by atoms with E-state index in [0.717, 1.165) is 19.3 Å². The van der Waals surface area contributed by atoms with Crippen LogP contribution in [0.1, 0.15) is 51.9 Å². The highest BCUT2D eigenvalue weighted by Crippen LogP contribution is 2.08. The summed E-state index contributed by atoms with van der Waals surface area (Å²) in [4.78, 5) is 10.2. The lowest BCUT2D eigenvalue weighted by molar-refractivity contribution is -0.137. The third-order valence-electron chi connectivity index (χ3n) is 2.09. The molecule has 0 aliphatic rings. The Balaban J connectivity index is 3.23. The fourth-order valence-corrected chi connectivity index (χ4v) is 1.76. The summed E-state index contributed by atoms with van der Waals surface area (Å²) >= 11 is 1.66. The van der Waals surface area contributed by atoms with Crippen molar-refractivity contribution in [3.8, 4) is 0 Å². The normalized spacial score (nSPS) is 11.6. The Morgan fingerprint density at radius 1 is 1.12 bits per heavy atom. The van der Waals surface area contributed by atoms with Crippen molar-refractivity contribution >= 4 is 17.7 Å². The standard InChI is InChI=1S/C13H22O2S/c1-2-3-4-5-8-11-16-12-9-6-7-10-13(14)15/h8-9,11-12H,2-7,10H2,1H3,(H,14,15). The van der Waals surface area contributed by atoms with Gasteiger partial charge in [0.05, 0.1) is 0 Å². The van der Waals surface area contributed by atoms with Crippen LogP contribution in [0.25, 0.3) is 0 Å². The van der Waals surface area contributed by atoms with E-state index >= 15 is 0 Å². The van der Waals surface area contributed by atoms with Crippen molar-refractivity contribution < 1.29 is 9.90 Å². The van der Waals surface area contributed by atoms with Gasteiger partial charge >= 0.3 is 5.97 Å². The second-order valence-electron chi connectivity index (χ2n) is 3.66. The lowest BCUT2D eigenvalue weighted by Crippen LogP contribution is -1.92. The molecular weight excluding hydrogens is 220 g/mol. The molecule has 16 heavy (non-hydrogen) atoms. The van der Waals surface area contributed by atoms with Gasteiger partial charge in [-0.25, -0.2) is 0 Å². The van der Waals surface area contributed by atoms with Crippen LogP contribution in [-0.4, -0.2) is 11.1 Å². The van der Waals surface area contributed by atoms with Gasteiger partial charge in [0.1, 0.15) is 0 Å². The Kier molecular flexibility index (Phi) is 11.8. The van der Waals surface area contributed by atoms with Crippen LogP contribution in [-0.2, 0) is 4.79 Å². The Hall–Kier alpha value is -0.700. The first-order valence-corrected chi connectivity index (χ1v) is 6.89. The Morgan fingerprint density at radius 3 is 2.31 bits per heavy atom. The number of thioether (sulfide) groups is 1. The van der Waals surface area contributed by atoms with Crippen LogP contribution in [0.3, 0.4) is 0 Å². The highest BCUT2D eigenvalue weighted by molar-refractivity contribution is 8.04. The SMILES string of the molecule is CCCCCC=CSC=CCCCC(=O)O. The van der Waals surface area contributed by atoms with Gasteiger partial charge in [0, 0.05) is 6.42 Å². The van der Waals surface area contributed by atoms with Crippen molar-refractivity contribution in [1.82, 2.24) is 0 Å². The highest BCUT2D eigenvalue weighted by atomic mass is 32.2. The monoisotopic (exact) mass is 242 g/mol. The minimum atomic E-state index is -0.711. The van der Waals surface area contributed by atoms with E-state index in [1.54, 1.807) is 11.8 Å². The Morgan fingerprint density at radius 2 is 1.75 bits per heavy atom. The molecule has 0 rings (SSSR count). The van der Waals surface area contributed by atoms with Crippen LogP contribution in [0.15, 0.2) is 23.0 Å². The molecular formula is C13H22O2S. The minimum absolute atomic E-state index is 0.266. The number of aliphatic carboxylic acids is 1. The first-order chi connectivity index (χ1) is 7.77. The van der Waals surface area contributed by atoms with Crippen molar-refractivity contribution in [3.63, 3.8) is 0 Å². The molecule has 0 spiro atoms. The van der Waals surface area contributed by atoms with Crippen molar-refractivity contribution in [3.05, 3.63) is 23.0 Å². The molecule has 0 saturated heterocycles. The summed E-state index contributed by atoms with van der Waals surface area (Å²) < 4.78 is 0. The summed E-state index contributed by atoms with van der Waals surface area (Å²) in [5.74, 6) is -0.711. The predicted molar refractivity (Wildman–Crippen MR) is 71.5 cm³/mol. The molecule has 0 fully saturated rings. The molecule has 0 aromatic carbocycles. The summed E-state index contributed by atoms with van der Waals surface area (Å²) in [5.41, 5.74) is 0. The van der Waals surface area contributed by atoms with Crippen LogP contribution in [0, 0.1) is 0 Å². The lowest BCUT2D eigenvalue weighted by Gasteiger charge is -1.91. The summed E-state index contributed by atoms with van der Waals surface area (Å²) in [6, 6.07) is 0. The molecule has 2 nitrogen and oxygen atoms in total. The van der Waals surface area contributed by atoms with Crippen LogP contribution in [0.5, 0.6) is 0 Å². The zero-order valence-electron chi connectivity index (χ0n) is 10.0. The molecule has 0 unspecified atom stereocenters. The molecule has 0 aromatic heterocycles. The van der Waals surface area contributed by atoms with Crippen molar-refractivity contribution in [1.29, 1.82) is 0 Å². The van der Waals surface area contributed by atoms with Crippen LogP contribution >= 0.6 is 11.8 Å². The van der Waals surface area contributed by atoms with E-state index in [1.807, 2.05) is 11.5 Å². The molecule has 0 aliphatic heterocycles. The Labute approximate surface area is 103 Å². The number of carboxylic acid groups (broad SMARTS) is 1. The van der Waals surface area contributed by atoms with E-state index in [4.69, 9.17) is 5.11 Å². The molecule has 0 heterocycles. The third kappa shape index (κ3) is 13.3. The lowest BCUT2D eigenvalue weighted by atomic mass is 10.2. The summed E-state index contributed by atoms with van der Waals surface area (Å²) in [6.07, 6.45) is 11.1. The van der Waals surface area contributed by atoms with E-state index in [1.165, 1.54) is 19.3 Å². The van der Waals surface area contributed by atoms with Crippen LogP contribution < -0.4 is 0 Å². The van der Waals surface area contributed by atoms with Crippen molar-refractivity contribution in [2.45, 2.75) is 51.9 Å². The molecule has 0 bridgehead atoms. The third-order valence-corrected chi connectivity index (χ3v) is 2.78. The fourth-order valence-electron chi connectivity index (χ4n) is 1.18. The van der Waals surface area contributed by atoms with E-state index in [9.17, 15) is 4.79 Å². The second kappa shape index (κ2) is 12.4. The smallest absolute Gasteiger partial charge is 0.303 e. The zero-order valence-corrected chi connectivity index (χ0v) is 10.8. The number of carboxylic acids is 1. The minimum Gasteiger partial charge on any atom is -0.481 e. The van der Waals surface area contributed by atoms with Gasteiger partial charge in [-0.05, 0) is 36.5 Å².